The first-order valence-electron chi connectivity index (χ1n) is 6.71. The molecule has 2 N–H and O–H groups in total. The molecule has 1 aliphatic heterocycles. The molecule has 18 heavy (non-hydrogen) atoms. The van der Waals surface area contributed by atoms with Crippen molar-refractivity contribution in [2.45, 2.75) is 13.3 Å². The van der Waals surface area contributed by atoms with E-state index < -0.39 is 0 Å². The van der Waals surface area contributed by atoms with Gasteiger partial charge in [-0.3, -0.25) is 0 Å². The second kappa shape index (κ2) is 6.41. The first kappa shape index (κ1) is 13.7. The van der Waals surface area contributed by atoms with Gasteiger partial charge in [0, 0.05) is 26.2 Å². The Hall–Kier alpha value is -0.770. The molecular formula is C14H22ClN3. The normalized spacial score (nSPS) is 17.2. The van der Waals surface area contributed by atoms with E-state index >= 15 is 0 Å². The standard InChI is InChI=1S/C14H22ClN3/c1-2-17-8-10-18(11-9-17)14-12(6-7-16)4-3-5-13(14)15/h3-5H,2,6-11,16H2,1H3. The van der Waals surface area contributed by atoms with Crippen LogP contribution in [-0.4, -0.2) is 44.2 Å². The Bertz CT molecular complexity index is 387. The number of hydrogen-bond acceptors (Lipinski definition) is 3. The fraction of sp³-hybridized carbons (Fsp3) is 0.571. The zero-order valence-electron chi connectivity index (χ0n) is 11.0. The third-order valence-corrected chi connectivity index (χ3v) is 3.92. The molecule has 0 spiro atoms. The van der Waals surface area contributed by atoms with Gasteiger partial charge in [0.15, 0.2) is 0 Å². The van der Waals surface area contributed by atoms with Crippen molar-refractivity contribution < 1.29 is 0 Å². The van der Waals surface area contributed by atoms with Gasteiger partial charge in [0.2, 0.25) is 0 Å². The lowest BCUT2D eigenvalue weighted by Crippen LogP contribution is -2.46. The van der Waals surface area contributed by atoms with E-state index in [9.17, 15) is 0 Å². The summed E-state index contributed by atoms with van der Waals surface area (Å²) in [5.41, 5.74) is 8.15. The van der Waals surface area contributed by atoms with Crippen molar-refractivity contribution in [2.75, 3.05) is 44.2 Å². The fourth-order valence-corrected chi connectivity index (χ4v) is 2.87. The van der Waals surface area contributed by atoms with Crippen LogP contribution in [0.25, 0.3) is 0 Å². The minimum Gasteiger partial charge on any atom is -0.368 e. The maximum atomic E-state index is 6.37. The van der Waals surface area contributed by atoms with E-state index in [4.69, 9.17) is 17.3 Å². The van der Waals surface area contributed by atoms with Gasteiger partial charge in [0.05, 0.1) is 10.7 Å². The van der Waals surface area contributed by atoms with Crippen LogP contribution >= 0.6 is 11.6 Å². The molecule has 1 fully saturated rings. The number of piperazine rings is 1. The van der Waals surface area contributed by atoms with Gasteiger partial charge in [-0.15, -0.1) is 0 Å². The molecule has 100 valence electrons. The molecule has 0 aromatic heterocycles. The molecule has 0 aliphatic carbocycles. The van der Waals surface area contributed by atoms with Gasteiger partial charge in [-0.25, -0.2) is 0 Å². The minimum absolute atomic E-state index is 0.669. The molecule has 1 heterocycles. The lowest BCUT2D eigenvalue weighted by molar-refractivity contribution is 0.271. The molecular weight excluding hydrogens is 246 g/mol. The summed E-state index contributed by atoms with van der Waals surface area (Å²) in [7, 11) is 0. The molecule has 0 saturated carbocycles. The number of anilines is 1. The summed E-state index contributed by atoms with van der Waals surface area (Å²) in [4.78, 5) is 4.87. The molecule has 1 aromatic rings. The van der Waals surface area contributed by atoms with E-state index in [0.717, 1.165) is 44.2 Å². The molecule has 0 unspecified atom stereocenters. The quantitative estimate of drug-likeness (QED) is 0.906. The highest BCUT2D eigenvalue weighted by molar-refractivity contribution is 6.33. The molecule has 2 rings (SSSR count). The van der Waals surface area contributed by atoms with E-state index in [-0.39, 0.29) is 0 Å². The summed E-state index contributed by atoms with van der Waals surface area (Å²) >= 11 is 6.37. The van der Waals surface area contributed by atoms with E-state index in [1.165, 1.54) is 11.3 Å². The number of halogens is 1. The van der Waals surface area contributed by atoms with E-state index in [2.05, 4.69) is 22.8 Å². The Morgan fingerprint density at radius 3 is 2.56 bits per heavy atom. The molecule has 1 saturated heterocycles. The van der Waals surface area contributed by atoms with Gasteiger partial charge in [-0.1, -0.05) is 30.7 Å². The van der Waals surface area contributed by atoms with Gasteiger partial charge in [-0.2, -0.15) is 0 Å². The molecule has 0 radical (unpaired) electrons. The summed E-state index contributed by atoms with van der Waals surface area (Å²) in [6.07, 6.45) is 0.893. The third kappa shape index (κ3) is 2.97. The molecule has 0 amide bonds. The van der Waals surface area contributed by atoms with Crippen molar-refractivity contribution in [1.82, 2.24) is 4.90 Å². The first-order chi connectivity index (χ1) is 8.76. The fourth-order valence-electron chi connectivity index (χ4n) is 2.56. The Labute approximate surface area is 115 Å². The van der Waals surface area contributed by atoms with Crippen molar-refractivity contribution in [1.29, 1.82) is 0 Å². The second-order valence-electron chi connectivity index (χ2n) is 4.71. The van der Waals surface area contributed by atoms with Crippen molar-refractivity contribution in [3.05, 3.63) is 28.8 Å². The van der Waals surface area contributed by atoms with Crippen molar-refractivity contribution in [3.8, 4) is 0 Å². The highest BCUT2D eigenvalue weighted by Gasteiger charge is 2.19. The van der Waals surface area contributed by atoms with Gasteiger partial charge < -0.3 is 15.5 Å². The number of nitrogens with two attached hydrogens (primary N) is 1. The van der Waals surface area contributed by atoms with Crippen LogP contribution in [0.5, 0.6) is 0 Å². The van der Waals surface area contributed by atoms with Crippen molar-refractivity contribution >= 4 is 17.3 Å². The van der Waals surface area contributed by atoms with E-state index in [1.54, 1.807) is 0 Å². The summed E-state index contributed by atoms with van der Waals surface area (Å²) in [5, 5.41) is 0.853. The summed E-state index contributed by atoms with van der Waals surface area (Å²) in [5.74, 6) is 0. The topological polar surface area (TPSA) is 32.5 Å². The predicted molar refractivity (Wildman–Crippen MR) is 78.5 cm³/mol. The predicted octanol–water partition coefficient (Wildman–Crippen LogP) is 1.98. The average molecular weight is 268 g/mol. The SMILES string of the molecule is CCN1CCN(c2c(Cl)cccc2CCN)CC1. The smallest absolute Gasteiger partial charge is 0.0642 e. The van der Waals surface area contributed by atoms with Gasteiger partial charge in [0.1, 0.15) is 0 Å². The van der Waals surface area contributed by atoms with Crippen molar-refractivity contribution in [2.24, 2.45) is 5.73 Å². The average Bonchev–Trinajstić information content (AvgIpc) is 2.40. The lowest BCUT2D eigenvalue weighted by atomic mass is 10.1. The Kier molecular flexibility index (Phi) is 4.87. The van der Waals surface area contributed by atoms with Crippen LogP contribution in [0.1, 0.15) is 12.5 Å². The van der Waals surface area contributed by atoms with Crippen LogP contribution in [0.15, 0.2) is 18.2 Å². The van der Waals surface area contributed by atoms with Crippen LogP contribution in [0.2, 0.25) is 5.02 Å². The second-order valence-corrected chi connectivity index (χ2v) is 5.11. The van der Waals surface area contributed by atoms with Gasteiger partial charge in [-0.05, 0) is 31.1 Å². The number of para-hydroxylation sites is 1. The number of rotatable bonds is 4. The molecule has 3 nitrogen and oxygen atoms in total. The highest BCUT2D eigenvalue weighted by Crippen LogP contribution is 2.30. The largest absolute Gasteiger partial charge is 0.368 e. The molecule has 0 atom stereocenters. The van der Waals surface area contributed by atoms with Crippen LogP contribution < -0.4 is 10.6 Å². The van der Waals surface area contributed by atoms with Gasteiger partial charge in [0.25, 0.3) is 0 Å². The molecule has 1 aliphatic rings. The number of nitrogens with zero attached hydrogens (tertiary/aromatic N) is 2. The number of benzene rings is 1. The van der Waals surface area contributed by atoms with Crippen molar-refractivity contribution in [3.63, 3.8) is 0 Å². The molecule has 0 bridgehead atoms. The maximum absolute atomic E-state index is 6.37. The van der Waals surface area contributed by atoms with E-state index in [1.807, 2.05) is 12.1 Å². The maximum Gasteiger partial charge on any atom is 0.0642 e. The monoisotopic (exact) mass is 267 g/mol. The first-order valence-corrected chi connectivity index (χ1v) is 7.08. The van der Waals surface area contributed by atoms with E-state index in [0.29, 0.717) is 6.54 Å². The molecule has 4 heteroatoms. The zero-order valence-corrected chi connectivity index (χ0v) is 11.8. The lowest BCUT2D eigenvalue weighted by Gasteiger charge is -2.37. The summed E-state index contributed by atoms with van der Waals surface area (Å²) < 4.78 is 0. The Balaban J connectivity index is 2.17. The number of likely N-dealkylation sites (N-methyl/N-ethyl adjacent to an activating group) is 1. The minimum atomic E-state index is 0.669. The Morgan fingerprint density at radius 2 is 1.94 bits per heavy atom. The van der Waals surface area contributed by atoms with Crippen LogP contribution in [0, 0.1) is 0 Å². The zero-order chi connectivity index (χ0) is 13.0. The van der Waals surface area contributed by atoms with Gasteiger partial charge >= 0.3 is 0 Å². The summed E-state index contributed by atoms with van der Waals surface area (Å²) in [6.45, 7) is 8.34. The van der Waals surface area contributed by atoms with Crippen LogP contribution in [0.4, 0.5) is 5.69 Å². The Morgan fingerprint density at radius 1 is 1.22 bits per heavy atom. The molecule has 1 aromatic carbocycles. The number of hydrogen-bond donors (Lipinski definition) is 1. The highest BCUT2D eigenvalue weighted by atomic mass is 35.5. The third-order valence-electron chi connectivity index (χ3n) is 3.62. The van der Waals surface area contributed by atoms with Crippen LogP contribution in [0.3, 0.4) is 0 Å². The van der Waals surface area contributed by atoms with Crippen LogP contribution in [-0.2, 0) is 6.42 Å². The summed E-state index contributed by atoms with van der Waals surface area (Å²) in [6, 6.07) is 6.13.